The molecule has 1 heterocycles. The lowest BCUT2D eigenvalue weighted by Gasteiger charge is -2.28. The molecule has 1 aliphatic rings. The number of aliphatic hydroxyl groups is 1. The second kappa shape index (κ2) is 17.2. The van der Waals surface area contributed by atoms with Gasteiger partial charge in [0.05, 0.1) is 43.7 Å². The van der Waals surface area contributed by atoms with Gasteiger partial charge in [-0.2, -0.15) is 5.10 Å². The summed E-state index contributed by atoms with van der Waals surface area (Å²) in [5.74, 6) is 0.282. The zero-order chi connectivity index (χ0) is 34.6. The number of hydrogen-bond donors (Lipinski definition) is 4. The molecule has 2 amide bonds. The van der Waals surface area contributed by atoms with E-state index in [2.05, 4.69) is 37.1 Å². The minimum absolute atomic E-state index is 0.184. The molecule has 48 heavy (non-hydrogen) atoms. The van der Waals surface area contributed by atoms with Crippen molar-refractivity contribution in [2.45, 2.75) is 39.6 Å². The molecule has 0 spiro atoms. The van der Waals surface area contributed by atoms with E-state index < -0.39 is 24.3 Å². The van der Waals surface area contributed by atoms with Crippen molar-refractivity contribution in [1.82, 2.24) is 16.1 Å². The van der Waals surface area contributed by atoms with Gasteiger partial charge < -0.3 is 39.4 Å². The van der Waals surface area contributed by atoms with E-state index in [1.165, 1.54) is 13.3 Å². The van der Waals surface area contributed by atoms with Gasteiger partial charge in [-0.1, -0.05) is 34.1 Å². The van der Waals surface area contributed by atoms with Crippen LogP contribution in [-0.4, -0.2) is 62.4 Å². The molecule has 0 radical (unpaired) electrons. The van der Waals surface area contributed by atoms with E-state index >= 15 is 0 Å². The lowest BCUT2D eigenvalue weighted by atomic mass is 9.95. The van der Waals surface area contributed by atoms with Crippen molar-refractivity contribution in [3.63, 3.8) is 0 Å². The average molecular weight is 726 g/mol. The molecule has 2 atom stereocenters. The topological polar surface area (TPSA) is 166 Å². The highest BCUT2D eigenvalue weighted by atomic mass is 79.9. The Bertz CT molecular complexity index is 1680. The van der Waals surface area contributed by atoms with Crippen LogP contribution in [0.25, 0.3) is 0 Å². The number of halogens is 1. The summed E-state index contributed by atoms with van der Waals surface area (Å²) in [6.07, 6.45) is 0.319. The van der Waals surface area contributed by atoms with Crippen LogP contribution in [0.15, 0.2) is 81.5 Å². The first-order valence-corrected chi connectivity index (χ1v) is 15.8. The fraction of sp³-hybridized carbons (Fsp3) is 0.294. The highest BCUT2D eigenvalue weighted by Crippen LogP contribution is 2.35. The third kappa shape index (κ3) is 9.48. The number of aliphatic hydroxyl groups excluding tert-OH is 1. The lowest BCUT2D eigenvalue weighted by molar-refractivity contribution is -0.136. The van der Waals surface area contributed by atoms with Crippen molar-refractivity contribution in [1.29, 1.82) is 0 Å². The Morgan fingerprint density at radius 3 is 2.44 bits per heavy atom. The summed E-state index contributed by atoms with van der Waals surface area (Å²) >= 11 is 3.46. The first-order chi connectivity index (χ1) is 23.1. The number of esters is 2. The van der Waals surface area contributed by atoms with Crippen molar-refractivity contribution < 1.29 is 43.2 Å². The van der Waals surface area contributed by atoms with Crippen molar-refractivity contribution in [2.75, 3.05) is 26.9 Å². The van der Waals surface area contributed by atoms with E-state index in [1.54, 1.807) is 69.3 Å². The number of carbonyl (C=O) groups excluding carboxylic acids is 3. The Balaban J connectivity index is 1.38. The highest BCUT2D eigenvalue weighted by molar-refractivity contribution is 9.10. The number of rotatable bonds is 15. The summed E-state index contributed by atoms with van der Waals surface area (Å²) in [4.78, 5) is 36.6. The van der Waals surface area contributed by atoms with Gasteiger partial charge in [0.1, 0.15) is 19.0 Å². The van der Waals surface area contributed by atoms with Crippen LogP contribution in [0.3, 0.4) is 0 Å². The van der Waals surface area contributed by atoms with Crippen LogP contribution >= 0.6 is 15.9 Å². The molecule has 3 aromatic carbocycles. The molecule has 254 valence electrons. The summed E-state index contributed by atoms with van der Waals surface area (Å²) in [5, 5.41) is 20.0. The zero-order valence-electron chi connectivity index (χ0n) is 26.9. The molecule has 0 aromatic heterocycles. The second-order valence-electron chi connectivity index (χ2n) is 10.3. The van der Waals surface area contributed by atoms with Crippen molar-refractivity contribution in [2.24, 2.45) is 5.10 Å². The van der Waals surface area contributed by atoms with Gasteiger partial charge in [-0.15, -0.1) is 0 Å². The molecule has 3 aromatic rings. The molecule has 1 aliphatic heterocycles. The number of nitrogens with zero attached hydrogens (tertiary/aromatic N) is 1. The third-order valence-corrected chi connectivity index (χ3v) is 7.42. The predicted octanol–water partition coefficient (Wildman–Crippen LogP) is 4.73. The maximum Gasteiger partial charge on any atom is 0.338 e. The van der Waals surface area contributed by atoms with Crippen LogP contribution in [0.2, 0.25) is 0 Å². The molecule has 4 N–H and O–H groups in total. The molecule has 0 aliphatic carbocycles. The molecule has 13 nitrogen and oxygen atoms in total. The van der Waals surface area contributed by atoms with Crippen molar-refractivity contribution in [3.8, 4) is 17.2 Å². The van der Waals surface area contributed by atoms with Crippen LogP contribution in [0.1, 0.15) is 53.9 Å². The zero-order valence-corrected chi connectivity index (χ0v) is 28.5. The smallest absolute Gasteiger partial charge is 0.338 e. The maximum absolute atomic E-state index is 12.5. The van der Waals surface area contributed by atoms with Gasteiger partial charge in [-0.25, -0.2) is 14.4 Å². The Hall–Kier alpha value is -5.08. The van der Waals surface area contributed by atoms with Crippen LogP contribution < -0.4 is 30.3 Å². The Kier molecular flexibility index (Phi) is 12.8. The number of nitrogens with one attached hydrogen (secondary N) is 3. The Morgan fingerprint density at radius 1 is 0.979 bits per heavy atom. The predicted molar refractivity (Wildman–Crippen MR) is 180 cm³/mol. The number of carbonyl (C=O) groups is 3. The lowest BCUT2D eigenvalue weighted by Crippen LogP contribution is -2.45. The molecule has 0 bridgehead atoms. The number of methoxy groups -OCH3 is 1. The van der Waals surface area contributed by atoms with Gasteiger partial charge in [-0.05, 0) is 74.4 Å². The largest absolute Gasteiger partial charge is 0.490 e. The minimum atomic E-state index is -1.19. The normalized spacial score (nSPS) is 14.9. The fourth-order valence-electron chi connectivity index (χ4n) is 4.68. The molecular weight excluding hydrogens is 688 g/mol. The highest BCUT2D eigenvalue weighted by Gasteiger charge is 2.32. The van der Waals surface area contributed by atoms with E-state index in [0.717, 1.165) is 10.0 Å². The average Bonchev–Trinajstić information content (AvgIpc) is 3.07. The quantitative estimate of drug-likeness (QED) is 0.0746. The van der Waals surface area contributed by atoms with E-state index in [4.69, 9.17) is 23.7 Å². The number of allylic oxidation sites excluding steroid dienone is 1. The first-order valence-electron chi connectivity index (χ1n) is 15.0. The van der Waals surface area contributed by atoms with Crippen LogP contribution in [0, 0.1) is 0 Å². The number of ether oxygens (including phenoxy) is 5. The summed E-state index contributed by atoms with van der Waals surface area (Å²) < 4.78 is 28.3. The van der Waals surface area contributed by atoms with Gasteiger partial charge in [0.15, 0.2) is 17.7 Å². The first kappa shape index (κ1) is 35.8. The Labute approximate surface area is 286 Å². The maximum atomic E-state index is 12.5. The van der Waals surface area contributed by atoms with Gasteiger partial charge in [0.2, 0.25) is 0 Å². The van der Waals surface area contributed by atoms with Gasteiger partial charge in [0.25, 0.3) is 0 Å². The van der Waals surface area contributed by atoms with E-state index in [-0.39, 0.29) is 24.8 Å². The van der Waals surface area contributed by atoms with Gasteiger partial charge in [0, 0.05) is 15.7 Å². The second-order valence-corrected chi connectivity index (χ2v) is 11.2. The van der Waals surface area contributed by atoms with Crippen molar-refractivity contribution in [3.05, 3.63) is 98.7 Å². The van der Waals surface area contributed by atoms with Crippen LogP contribution in [-0.2, 0) is 20.9 Å². The SMILES string of the molecule is CCOC(=O)c1ccc(COc2ccc(Br)cc2/C=N/N[C@H](O)COc2ccc([C@H]3NC(=O)NC(C)=C3C(=O)OC)cc2OCC)cc1. The molecule has 0 fully saturated rings. The Morgan fingerprint density at radius 2 is 1.73 bits per heavy atom. The summed E-state index contributed by atoms with van der Waals surface area (Å²) in [6.45, 7) is 5.87. The summed E-state index contributed by atoms with van der Waals surface area (Å²) in [5.41, 5.74) is 5.81. The standard InChI is InChI=1S/C34H37BrN4O9/c1-5-45-28-16-23(31-30(33(42)44-4)20(3)37-34(43)38-31)11-13-27(28)48-19-29(40)39-36-17-24-15-25(35)12-14-26(24)47-18-21-7-9-22(10-8-21)32(41)46-6-2/h7-17,29,31,39-40H,5-6,18-19H2,1-4H3,(H2,37,38,43)/b36-17+/t29-,31-/m1/s1. The molecule has 14 heteroatoms. The number of hydrazone groups is 1. The molecule has 0 unspecified atom stereocenters. The summed E-state index contributed by atoms with van der Waals surface area (Å²) in [6, 6.07) is 16.1. The number of hydrogen-bond acceptors (Lipinski definition) is 11. The molecule has 4 rings (SSSR count). The van der Waals surface area contributed by atoms with Gasteiger partial charge in [-0.3, -0.25) is 5.43 Å². The van der Waals surface area contributed by atoms with E-state index in [0.29, 0.717) is 52.8 Å². The summed E-state index contributed by atoms with van der Waals surface area (Å²) in [7, 11) is 1.27. The molecule has 0 saturated carbocycles. The minimum Gasteiger partial charge on any atom is -0.490 e. The van der Waals surface area contributed by atoms with Crippen LogP contribution in [0.5, 0.6) is 17.2 Å². The third-order valence-electron chi connectivity index (χ3n) is 6.93. The van der Waals surface area contributed by atoms with E-state index in [1.807, 2.05) is 12.1 Å². The monoisotopic (exact) mass is 724 g/mol. The van der Waals surface area contributed by atoms with Gasteiger partial charge >= 0.3 is 18.0 Å². The molecular formula is C34H37BrN4O9. The van der Waals surface area contributed by atoms with E-state index in [9.17, 15) is 19.5 Å². The number of amides is 2. The number of benzene rings is 3. The fourth-order valence-corrected chi connectivity index (χ4v) is 5.06. The van der Waals surface area contributed by atoms with Crippen molar-refractivity contribution >= 4 is 40.1 Å². The number of urea groups is 1. The van der Waals surface area contributed by atoms with Crippen LogP contribution in [0.4, 0.5) is 4.79 Å². The molecule has 0 saturated heterocycles.